The number of para-hydroxylation sites is 2. The van der Waals surface area contributed by atoms with Gasteiger partial charge in [-0.25, -0.2) is 0 Å². The fraction of sp³-hybridized carbons (Fsp3) is 0. The molecule has 1 heterocycles. The van der Waals surface area contributed by atoms with Crippen LogP contribution in [-0.2, 0) is 0 Å². The van der Waals surface area contributed by atoms with Gasteiger partial charge in [0.2, 0.25) is 0 Å². The average Bonchev–Trinajstić information content (AvgIpc) is 3.43. The molecule has 44 heavy (non-hydrogen) atoms. The molecule has 0 atom stereocenters. The van der Waals surface area contributed by atoms with Crippen molar-refractivity contribution in [3.8, 4) is 50.2 Å². The molecule has 8 aromatic rings. The van der Waals surface area contributed by atoms with Crippen molar-refractivity contribution in [2.45, 2.75) is 0 Å². The lowest BCUT2D eigenvalue weighted by Gasteiger charge is -2.16. The van der Waals surface area contributed by atoms with Crippen LogP contribution in [0.3, 0.4) is 0 Å². The van der Waals surface area contributed by atoms with Gasteiger partial charge in [0, 0.05) is 20.9 Å². The van der Waals surface area contributed by atoms with Crippen LogP contribution in [0.4, 0.5) is 0 Å². The Morgan fingerprint density at radius 2 is 0.955 bits per heavy atom. The molecule has 0 spiro atoms. The molecule has 1 nitrogen and oxygen atoms in total. The summed E-state index contributed by atoms with van der Waals surface area (Å²) in [5, 5.41) is 2.51. The lowest BCUT2D eigenvalue weighted by molar-refractivity contribution is 1.18. The monoisotopic (exact) mass is 625 g/mol. The van der Waals surface area contributed by atoms with E-state index in [1.54, 1.807) is 0 Å². The Morgan fingerprint density at radius 1 is 0.341 bits per heavy atom. The van der Waals surface area contributed by atoms with Crippen molar-refractivity contribution >= 4 is 37.7 Å². The molecule has 1 aromatic heterocycles. The lowest BCUT2D eigenvalue weighted by Crippen LogP contribution is -1.94. The van der Waals surface area contributed by atoms with Crippen molar-refractivity contribution in [1.29, 1.82) is 0 Å². The van der Waals surface area contributed by atoms with Gasteiger partial charge < -0.3 is 4.57 Å². The van der Waals surface area contributed by atoms with Gasteiger partial charge in [-0.2, -0.15) is 0 Å². The van der Waals surface area contributed by atoms with Gasteiger partial charge in [0.05, 0.1) is 11.0 Å². The summed E-state index contributed by atoms with van der Waals surface area (Å²) in [6.45, 7) is 0. The van der Waals surface area contributed by atoms with Gasteiger partial charge in [0.1, 0.15) is 0 Å². The molecule has 0 radical (unpaired) electrons. The molecule has 0 unspecified atom stereocenters. The highest BCUT2D eigenvalue weighted by Gasteiger charge is 2.16. The summed E-state index contributed by atoms with van der Waals surface area (Å²) in [7, 11) is 0. The summed E-state index contributed by atoms with van der Waals surface area (Å²) in [5.74, 6) is 0. The molecule has 0 N–H and O–H groups in total. The van der Waals surface area contributed by atoms with Gasteiger partial charge in [-0.1, -0.05) is 143 Å². The number of nitrogens with zero attached hydrogens (tertiary/aromatic N) is 1. The van der Waals surface area contributed by atoms with E-state index in [2.05, 4.69) is 190 Å². The van der Waals surface area contributed by atoms with Crippen molar-refractivity contribution in [1.82, 2.24) is 4.57 Å². The number of halogens is 1. The Hall–Kier alpha value is -5.18. The summed E-state index contributed by atoms with van der Waals surface area (Å²) in [4.78, 5) is 0. The zero-order valence-electron chi connectivity index (χ0n) is 24.0. The van der Waals surface area contributed by atoms with Crippen LogP contribution in [0.25, 0.3) is 72.0 Å². The van der Waals surface area contributed by atoms with E-state index in [4.69, 9.17) is 0 Å². The van der Waals surface area contributed by atoms with Crippen molar-refractivity contribution in [3.63, 3.8) is 0 Å². The molecule has 0 bridgehead atoms. The van der Waals surface area contributed by atoms with E-state index in [-0.39, 0.29) is 0 Å². The minimum atomic E-state index is 1.08. The van der Waals surface area contributed by atoms with Crippen LogP contribution >= 0.6 is 15.9 Å². The van der Waals surface area contributed by atoms with E-state index in [1.165, 1.54) is 66.3 Å². The largest absolute Gasteiger partial charge is 0.309 e. The Labute approximate surface area is 265 Å². The summed E-state index contributed by atoms with van der Waals surface area (Å²) in [5.41, 5.74) is 13.2. The average molecular weight is 627 g/mol. The number of benzene rings is 7. The first-order valence-electron chi connectivity index (χ1n) is 14.9. The molecule has 0 fully saturated rings. The van der Waals surface area contributed by atoms with Crippen molar-refractivity contribution in [2.75, 3.05) is 0 Å². The first-order valence-corrected chi connectivity index (χ1v) is 15.7. The van der Waals surface area contributed by atoms with E-state index in [0.29, 0.717) is 0 Å². The molecule has 208 valence electrons. The standard InChI is InChI=1S/C42H28BrN/c43-40-20-9-7-18-36(40)35-24-22-32(31-15-11-14-30(26-31)29-12-3-1-4-13-29)27-39(35)33-23-25-38-37-19-8-10-21-41(37)44(42(38)28-33)34-16-5-2-6-17-34/h1-28H. The van der Waals surface area contributed by atoms with E-state index in [9.17, 15) is 0 Å². The topological polar surface area (TPSA) is 4.93 Å². The van der Waals surface area contributed by atoms with E-state index in [0.717, 1.165) is 10.2 Å². The molecule has 0 saturated heterocycles. The number of hydrogen-bond acceptors (Lipinski definition) is 0. The van der Waals surface area contributed by atoms with E-state index < -0.39 is 0 Å². The predicted octanol–water partition coefficient (Wildman–Crippen LogP) is 12.2. The molecule has 0 aliphatic heterocycles. The molecule has 7 aromatic carbocycles. The number of hydrogen-bond donors (Lipinski definition) is 0. The molecule has 0 aliphatic carbocycles. The molecule has 2 heteroatoms. The van der Waals surface area contributed by atoms with Gasteiger partial charge in [0.15, 0.2) is 0 Å². The quantitative estimate of drug-likeness (QED) is 0.179. The van der Waals surface area contributed by atoms with Crippen LogP contribution in [0.1, 0.15) is 0 Å². The van der Waals surface area contributed by atoms with Crippen molar-refractivity contribution in [2.24, 2.45) is 0 Å². The number of fused-ring (bicyclic) bond motifs is 3. The normalized spacial score (nSPS) is 11.3. The third-order valence-electron chi connectivity index (χ3n) is 8.49. The minimum absolute atomic E-state index is 1.08. The minimum Gasteiger partial charge on any atom is -0.309 e. The van der Waals surface area contributed by atoms with Gasteiger partial charge in [-0.15, -0.1) is 0 Å². The van der Waals surface area contributed by atoms with Gasteiger partial charge in [-0.3, -0.25) is 0 Å². The second-order valence-electron chi connectivity index (χ2n) is 11.1. The SMILES string of the molecule is Brc1ccccc1-c1ccc(-c2cccc(-c3ccccc3)c2)cc1-c1ccc2c3ccccc3n(-c3ccccc3)c2c1. The zero-order chi connectivity index (χ0) is 29.5. The summed E-state index contributed by atoms with van der Waals surface area (Å²) >= 11 is 3.84. The fourth-order valence-corrected chi connectivity index (χ4v) is 6.88. The Balaban J connectivity index is 1.36. The van der Waals surface area contributed by atoms with Crippen LogP contribution in [0, 0.1) is 0 Å². The summed E-state index contributed by atoms with van der Waals surface area (Å²) in [6, 6.07) is 61.1. The molecule has 0 aliphatic rings. The van der Waals surface area contributed by atoms with Gasteiger partial charge >= 0.3 is 0 Å². The first kappa shape index (κ1) is 26.4. The summed E-state index contributed by atoms with van der Waals surface area (Å²) < 4.78 is 3.47. The number of rotatable bonds is 5. The highest BCUT2D eigenvalue weighted by atomic mass is 79.9. The molecule has 8 rings (SSSR count). The molecular weight excluding hydrogens is 598 g/mol. The van der Waals surface area contributed by atoms with Gasteiger partial charge in [-0.05, 0) is 87.0 Å². The highest BCUT2D eigenvalue weighted by Crippen LogP contribution is 2.41. The maximum Gasteiger partial charge on any atom is 0.0547 e. The zero-order valence-corrected chi connectivity index (χ0v) is 25.6. The fourth-order valence-electron chi connectivity index (χ4n) is 6.38. The molecular formula is C42H28BrN. The van der Waals surface area contributed by atoms with E-state index >= 15 is 0 Å². The maximum absolute atomic E-state index is 3.84. The molecule has 0 saturated carbocycles. The van der Waals surface area contributed by atoms with Gasteiger partial charge in [0.25, 0.3) is 0 Å². The Kier molecular flexibility index (Phi) is 6.70. The van der Waals surface area contributed by atoms with Crippen molar-refractivity contribution in [3.05, 3.63) is 174 Å². The predicted molar refractivity (Wildman–Crippen MR) is 190 cm³/mol. The first-order chi connectivity index (χ1) is 21.7. The Morgan fingerprint density at radius 3 is 1.77 bits per heavy atom. The third-order valence-corrected chi connectivity index (χ3v) is 9.18. The third kappa shape index (κ3) is 4.65. The maximum atomic E-state index is 3.84. The van der Waals surface area contributed by atoms with Crippen LogP contribution < -0.4 is 0 Å². The summed E-state index contributed by atoms with van der Waals surface area (Å²) in [6.07, 6.45) is 0. The van der Waals surface area contributed by atoms with Crippen LogP contribution in [0.5, 0.6) is 0 Å². The van der Waals surface area contributed by atoms with Crippen LogP contribution in [0.15, 0.2) is 174 Å². The second kappa shape index (κ2) is 11.1. The van der Waals surface area contributed by atoms with Crippen molar-refractivity contribution < 1.29 is 0 Å². The Bertz CT molecular complexity index is 2280. The molecule has 0 amide bonds. The second-order valence-corrected chi connectivity index (χ2v) is 12.0. The van der Waals surface area contributed by atoms with E-state index in [1.807, 2.05) is 0 Å². The lowest BCUT2D eigenvalue weighted by atomic mass is 9.90. The smallest absolute Gasteiger partial charge is 0.0547 e. The highest BCUT2D eigenvalue weighted by molar-refractivity contribution is 9.10. The van der Waals surface area contributed by atoms with Crippen LogP contribution in [-0.4, -0.2) is 4.57 Å². The number of aromatic nitrogens is 1. The van der Waals surface area contributed by atoms with Crippen LogP contribution in [0.2, 0.25) is 0 Å².